The number of nitrogens with zero attached hydrogens (tertiary/aromatic N) is 1. The second-order valence-electron chi connectivity index (χ2n) is 6.96. The monoisotopic (exact) mass is 440 g/mol. The topological polar surface area (TPSA) is 42.0 Å². The second kappa shape index (κ2) is 8.40. The van der Waals surface area contributed by atoms with Crippen LogP contribution in [0.5, 0.6) is 0 Å². The summed E-state index contributed by atoms with van der Waals surface area (Å²) in [5, 5.41) is 3.59. The van der Waals surface area contributed by atoms with E-state index in [-0.39, 0.29) is 17.8 Å². The summed E-state index contributed by atoms with van der Waals surface area (Å²) < 4.78 is 40.6. The number of nitrogens with one attached hydrogen (secondary N) is 1. The van der Waals surface area contributed by atoms with Gasteiger partial charge in [-0.25, -0.2) is 0 Å². The molecule has 1 aromatic heterocycles. The number of carbonyl (C=O) groups is 1. The maximum atomic E-state index is 13.5. The zero-order valence-electron chi connectivity index (χ0n) is 16.1. The van der Waals surface area contributed by atoms with Gasteiger partial charge < -0.3 is 5.32 Å². The highest BCUT2D eigenvalue weighted by atomic mass is 35.5. The van der Waals surface area contributed by atoms with E-state index in [0.717, 1.165) is 6.07 Å². The minimum atomic E-state index is -4.54. The molecule has 0 saturated carbocycles. The Labute approximate surface area is 181 Å². The van der Waals surface area contributed by atoms with Crippen LogP contribution in [-0.4, -0.2) is 10.9 Å². The first kappa shape index (κ1) is 20.9. The molecule has 7 heteroatoms. The van der Waals surface area contributed by atoms with Crippen molar-refractivity contribution in [3.8, 4) is 11.1 Å². The molecule has 3 aromatic carbocycles. The fourth-order valence-corrected chi connectivity index (χ4v) is 3.71. The molecule has 0 unspecified atom stereocenters. The average Bonchev–Trinajstić information content (AvgIpc) is 2.73. The van der Waals surface area contributed by atoms with Crippen LogP contribution < -0.4 is 5.32 Å². The summed E-state index contributed by atoms with van der Waals surface area (Å²) in [4.78, 5) is 16.8. The number of hydrogen-bond donors (Lipinski definition) is 1. The molecule has 0 aliphatic heterocycles. The van der Waals surface area contributed by atoms with Gasteiger partial charge in [-0.2, -0.15) is 13.2 Å². The highest BCUT2D eigenvalue weighted by Crippen LogP contribution is 2.38. The van der Waals surface area contributed by atoms with Crippen LogP contribution in [0.4, 0.5) is 18.9 Å². The predicted octanol–water partition coefficient (Wildman–Crippen LogP) is 6.76. The number of aromatic nitrogens is 1. The Morgan fingerprint density at radius 2 is 1.71 bits per heavy atom. The standard InChI is InChI=1S/C24H16ClF3N2O/c25-17-8-4-9-18(13-17)30-21(31)12-16-14-29-23-19(10-5-11-20(23)24(26,27)28)22(16)15-6-2-1-3-7-15/h1-11,13-14H,12H2,(H,30,31). The molecule has 1 amide bonds. The van der Waals surface area contributed by atoms with Crippen molar-refractivity contribution in [1.82, 2.24) is 4.98 Å². The molecule has 0 atom stereocenters. The summed E-state index contributed by atoms with van der Waals surface area (Å²) in [5.41, 5.74) is 1.37. The molecule has 156 valence electrons. The Kier molecular flexibility index (Phi) is 5.65. The van der Waals surface area contributed by atoms with Crippen LogP contribution in [0.2, 0.25) is 5.02 Å². The van der Waals surface area contributed by atoms with Gasteiger partial charge in [0.15, 0.2) is 0 Å². The predicted molar refractivity (Wildman–Crippen MR) is 116 cm³/mol. The lowest BCUT2D eigenvalue weighted by Gasteiger charge is -2.16. The number of alkyl halides is 3. The maximum Gasteiger partial charge on any atom is 0.418 e. The van der Waals surface area contributed by atoms with Gasteiger partial charge in [-0.1, -0.05) is 60.1 Å². The van der Waals surface area contributed by atoms with Gasteiger partial charge in [0.2, 0.25) is 5.91 Å². The molecule has 4 rings (SSSR count). The summed E-state index contributed by atoms with van der Waals surface area (Å²) in [6.07, 6.45) is -3.25. The van der Waals surface area contributed by atoms with E-state index in [1.54, 1.807) is 54.6 Å². The van der Waals surface area contributed by atoms with Crippen molar-refractivity contribution in [2.45, 2.75) is 12.6 Å². The van der Waals surface area contributed by atoms with Gasteiger partial charge in [-0.3, -0.25) is 9.78 Å². The number of rotatable bonds is 4. The Balaban J connectivity index is 1.81. The Hall–Kier alpha value is -3.38. The van der Waals surface area contributed by atoms with Crippen LogP contribution >= 0.6 is 11.6 Å². The van der Waals surface area contributed by atoms with Crippen LogP contribution in [0.1, 0.15) is 11.1 Å². The molecule has 0 aliphatic rings. The second-order valence-corrected chi connectivity index (χ2v) is 7.40. The van der Waals surface area contributed by atoms with Crippen molar-refractivity contribution in [3.63, 3.8) is 0 Å². The number of fused-ring (bicyclic) bond motifs is 1. The van der Waals surface area contributed by atoms with Crippen molar-refractivity contribution >= 4 is 34.1 Å². The first-order chi connectivity index (χ1) is 14.8. The number of para-hydroxylation sites is 1. The van der Waals surface area contributed by atoms with Crippen molar-refractivity contribution in [1.29, 1.82) is 0 Å². The zero-order chi connectivity index (χ0) is 22.0. The Morgan fingerprint density at radius 3 is 2.42 bits per heavy atom. The quantitative estimate of drug-likeness (QED) is 0.381. The fraction of sp³-hybridized carbons (Fsp3) is 0.0833. The number of benzene rings is 3. The molecule has 0 aliphatic carbocycles. The number of amides is 1. The van der Waals surface area contributed by atoms with Gasteiger partial charge in [0.25, 0.3) is 0 Å². The average molecular weight is 441 g/mol. The van der Waals surface area contributed by atoms with Gasteiger partial charge in [-0.15, -0.1) is 0 Å². The summed E-state index contributed by atoms with van der Waals surface area (Å²) >= 11 is 5.96. The smallest absolute Gasteiger partial charge is 0.326 e. The summed E-state index contributed by atoms with van der Waals surface area (Å²) in [5.74, 6) is -0.326. The molecule has 1 N–H and O–H groups in total. The van der Waals surface area contributed by atoms with Gasteiger partial charge in [0.05, 0.1) is 17.5 Å². The molecule has 0 spiro atoms. The number of halogens is 4. The first-order valence-corrected chi connectivity index (χ1v) is 9.79. The molecule has 0 radical (unpaired) electrons. The van der Waals surface area contributed by atoms with Gasteiger partial charge in [0, 0.05) is 22.3 Å². The SMILES string of the molecule is O=C(Cc1cnc2c(C(F)(F)F)cccc2c1-c1ccccc1)Nc1cccc(Cl)c1. The highest BCUT2D eigenvalue weighted by molar-refractivity contribution is 6.30. The van der Waals surface area contributed by atoms with Gasteiger partial charge >= 0.3 is 6.18 Å². The van der Waals surface area contributed by atoms with E-state index in [0.29, 0.717) is 32.8 Å². The number of carbonyl (C=O) groups excluding carboxylic acids is 1. The summed E-state index contributed by atoms with van der Waals surface area (Å²) in [6, 6.07) is 19.7. The third kappa shape index (κ3) is 4.54. The maximum absolute atomic E-state index is 13.5. The molecular weight excluding hydrogens is 425 g/mol. The van der Waals surface area contributed by atoms with Gasteiger partial charge in [0.1, 0.15) is 0 Å². The Morgan fingerprint density at radius 1 is 0.968 bits per heavy atom. The minimum absolute atomic E-state index is 0.0596. The first-order valence-electron chi connectivity index (χ1n) is 9.41. The third-order valence-corrected chi connectivity index (χ3v) is 5.04. The molecule has 3 nitrogen and oxygen atoms in total. The molecule has 31 heavy (non-hydrogen) atoms. The van der Waals surface area contributed by atoms with E-state index in [2.05, 4.69) is 10.3 Å². The largest absolute Gasteiger partial charge is 0.418 e. The lowest BCUT2D eigenvalue weighted by atomic mass is 9.93. The van der Waals surface area contributed by atoms with Crippen LogP contribution in [0.3, 0.4) is 0 Å². The van der Waals surface area contributed by atoms with E-state index < -0.39 is 11.7 Å². The van der Waals surface area contributed by atoms with Crippen LogP contribution in [0, 0.1) is 0 Å². The van der Waals surface area contributed by atoms with E-state index in [9.17, 15) is 18.0 Å². The molecule has 4 aromatic rings. The summed E-state index contributed by atoms with van der Waals surface area (Å²) in [7, 11) is 0. The van der Waals surface area contributed by atoms with E-state index in [1.165, 1.54) is 12.3 Å². The van der Waals surface area contributed by atoms with Gasteiger partial charge in [-0.05, 0) is 41.0 Å². The minimum Gasteiger partial charge on any atom is -0.326 e. The van der Waals surface area contributed by atoms with Crippen LogP contribution in [0.25, 0.3) is 22.0 Å². The number of anilines is 1. The highest BCUT2D eigenvalue weighted by Gasteiger charge is 2.33. The lowest BCUT2D eigenvalue weighted by Crippen LogP contribution is -2.15. The zero-order valence-corrected chi connectivity index (χ0v) is 16.8. The summed E-state index contributed by atoms with van der Waals surface area (Å²) in [6.45, 7) is 0. The number of pyridine rings is 1. The normalized spacial score (nSPS) is 11.5. The van der Waals surface area contributed by atoms with Crippen molar-refractivity contribution in [2.75, 3.05) is 5.32 Å². The van der Waals surface area contributed by atoms with Crippen LogP contribution in [0.15, 0.2) is 79.0 Å². The number of hydrogen-bond acceptors (Lipinski definition) is 2. The van der Waals surface area contributed by atoms with Crippen LogP contribution in [-0.2, 0) is 17.4 Å². The molecule has 0 saturated heterocycles. The van der Waals surface area contributed by atoms with E-state index >= 15 is 0 Å². The molecule has 0 fully saturated rings. The fourth-order valence-electron chi connectivity index (χ4n) is 3.52. The molecular formula is C24H16ClF3N2O. The van der Waals surface area contributed by atoms with Crippen molar-refractivity contribution < 1.29 is 18.0 Å². The van der Waals surface area contributed by atoms with E-state index in [1.807, 2.05) is 6.07 Å². The molecule has 0 bridgehead atoms. The molecule has 1 heterocycles. The lowest BCUT2D eigenvalue weighted by molar-refractivity contribution is -0.136. The Bertz CT molecular complexity index is 1260. The van der Waals surface area contributed by atoms with E-state index in [4.69, 9.17) is 11.6 Å². The van der Waals surface area contributed by atoms with Crippen molar-refractivity contribution in [3.05, 3.63) is 95.1 Å². The third-order valence-electron chi connectivity index (χ3n) is 4.80. The van der Waals surface area contributed by atoms with Crippen molar-refractivity contribution in [2.24, 2.45) is 0 Å².